The Morgan fingerprint density at radius 3 is 2.04 bits per heavy atom. The van der Waals surface area contributed by atoms with Crippen molar-refractivity contribution < 1.29 is 75.8 Å². The Morgan fingerprint density at radius 1 is 1.00 bits per heavy atom. The summed E-state index contributed by atoms with van der Waals surface area (Å²) in [6.07, 6.45) is 6.18. The summed E-state index contributed by atoms with van der Waals surface area (Å²) in [4.78, 5) is 10.9. The number of aliphatic hydroxyl groups excluding tert-OH is 3. The molecule has 0 aliphatic heterocycles. The zero-order chi connectivity index (χ0) is 16.5. The minimum atomic E-state index is -0.517. The average Bonchev–Trinajstić information content (AvgIpc) is 2.73. The van der Waals surface area contributed by atoms with Crippen LogP contribution >= 0.6 is 0 Å². The van der Waals surface area contributed by atoms with Gasteiger partial charge in [0.05, 0.1) is 20.1 Å². The molecule has 1 saturated carbocycles. The van der Waals surface area contributed by atoms with E-state index in [4.69, 9.17) is 7.85 Å². The van der Waals surface area contributed by atoms with E-state index in [9.17, 15) is 20.1 Å². The zero-order valence-electron chi connectivity index (χ0n) is 15.1. The van der Waals surface area contributed by atoms with Crippen LogP contribution in [0, 0.1) is 11.8 Å². The smallest absolute Gasteiger partial charge is 0.129 e. The van der Waals surface area contributed by atoms with Crippen molar-refractivity contribution in [2.24, 2.45) is 11.8 Å². The van der Waals surface area contributed by atoms with Gasteiger partial charge in [-0.25, -0.2) is 0 Å². The van der Waals surface area contributed by atoms with E-state index in [0.29, 0.717) is 25.7 Å². The van der Waals surface area contributed by atoms with Gasteiger partial charge in [0.15, 0.2) is 0 Å². The predicted octanol–water partition coefficient (Wildman–Crippen LogP) is 1.99. The number of ketones is 1. The van der Waals surface area contributed by atoms with Crippen molar-refractivity contribution in [1.29, 1.82) is 0 Å². The zero-order valence-corrected chi connectivity index (χ0v) is 19.3. The summed E-state index contributed by atoms with van der Waals surface area (Å²) in [6, 6.07) is 0. The maximum atomic E-state index is 10.9. The Hall–Kier alpha value is 1.37. The Kier molecular flexibility index (Phi) is 21.7. The van der Waals surface area contributed by atoms with Gasteiger partial charge in [0.1, 0.15) is 5.78 Å². The summed E-state index contributed by atoms with van der Waals surface area (Å²) < 4.78 is 0. The fourth-order valence-electron chi connectivity index (χ4n) is 3.59. The van der Waals surface area contributed by atoms with Crippen molar-refractivity contribution >= 4 is 13.6 Å². The topological polar surface area (TPSA) is 77.8 Å². The van der Waals surface area contributed by atoms with Crippen LogP contribution in [0.2, 0.25) is 6.32 Å². The Labute approximate surface area is 189 Å². The van der Waals surface area contributed by atoms with Crippen LogP contribution in [0.4, 0.5) is 0 Å². The van der Waals surface area contributed by atoms with Crippen LogP contribution < -0.4 is 0 Å². The molecule has 1 fully saturated rings. The largest absolute Gasteiger partial charge is 0.394 e. The summed E-state index contributed by atoms with van der Waals surface area (Å²) in [6.45, 7) is 1.62. The quantitative estimate of drug-likeness (QED) is 0.324. The molecule has 4 nitrogen and oxygen atoms in total. The molecule has 0 bridgehead atoms. The third-order valence-corrected chi connectivity index (χ3v) is 4.94. The van der Waals surface area contributed by atoms with Crippen molar-refractivity contribution in [3.8, 4) is 0 Å². The van der Waals surface area contributed by atoms with Gasteiger partial charge in [-0.3, -0.25) is 0 Å². The van der Waals surface area contributed by atoms with Crippen LogP contribution in [0.5, 0.6) is 0 Å². The molecule has 0 aromatic heterocycles. The van der Waals surface area contributed by atoms with E-state index in [1.54, 1.807) is 6.92 Å². The molecule has 8 heteroatoms. The molecule has 5 radical (unpaired) electrons. The molecule has 1 aliphatic carbocycles. The molecule has 0 heterocycles. The molecule has 141 valence electrons. The number of aliphatic hydroxyl groups is 3. The van der Waals surface area contributed by atoms with Crippen LogP contribution in [0.15, 0.2) is 0 Å². The first-order valence-corrected chi connectivity index (χ1v) is 8.69. The van der Waals surface area contributed by atoms with Crippen LogP contribution in [0.25, 0.3) is 0 Å². The molecule has 0 saturated heterocycles. The second-order valence-corrected chi connectivity index (χ2v) is 6.82. The first-order chi connectivity index (χ1) is 10.5. The standard InChI is InChI=1S/C17H31BO4.3V/c1-12(19)6-4-2-3-5-7-14-15(9-8-13(20)11-18)17(22)10-16(14)21;;;/h13-17,20-22H,2-11H2,1H3;;;/t13?,14-,15-,16?,17-;;;/m1.../s1. The number of carbonyl (C=O) groups is 1. The molecule has 0 amide bonds. The third-order valence-electron chi connectivity index (χ3n) is 4.94. The molecule has 2 unspecified atom stereocenters. The first kappa shape index (κ1) is 31.1. The van der Waals surface area contributed by atoms with Crippen LogP contribution in [0.3, 0.4) is 0 Å². The van der Waals surface area contributed by atoms with Crippen molar-refractivity contribution in [1.82, 2.24) is 0 Å². The van der Waals surface area contributed by atoms with E-state index in [-0.39, 0.29) is 79.6 Å². The van der Waals surface area contributed by atoms with Gasteiger partial charge >= 0.3 is 0 Å². The summed E-state index contributed by atoms with van der Waals surface area (Å²) in [7, 11) is 5.42. The van der Waals surface area contributed by atoms with E-state index in [1.807, 2.05) is 0 Å². The van der Waals surface area contributed by atoms with E-state index in [2.05, 4.69) is 0 Å². The van der Waals surface area contributed by atoms with Crippen LogP contribution in [0.1, 0.15) is 64.7 Å². The fraction of sp³-hybridized carbons (Fsp3) is 0.941. The second-order valence-electron chi connectivity index (χ2n) is 6.82. The molecule has 1 rings (SSSR count). The number of rotatable bonds is 11. The van der Waals surface area contributed by atoms with Crippen molar-refractivity contribution in [2.75, 3.05) is 0 Å². The van der Waals surface area contributed by atoms with Gasteiger partial charge in [-0.2, -0.15) is 0 Å². The van der Waals surface area contributed by atoms with Gasteiger partial charge in [-0.05, 0) is 50.9 Å². The molecule has 0 aromatic carbocycles. The number of carbonyl (C=O) groups excluding carboxylic acids is 1. The molecule has 0 aromatic rings. The molecule has 5 atom stereocenters. The molecular weight excluding hydrogens is 432 g/mol. The molecule has 3 N–H and O–H groups in total. The molecule has 1 aliphatic rings. The van der Waals surface area contributed by atoms with E-state index in [0.717, 1.165) is 32.1 Å². The average molecular weight is 463 g/mol. The van der Waals surface area contributed by atoms with Gasteiger partial charge in [-0.1, -0.05) is 25.6 Å². The Morgan fingerprint density at radius 2 is 1.52 bits per heavy atom. The Balaban J connectivity index is -0.00000161. The van der Waals surface area contributed by atoms with Crippen molar-refractivity contribution in [3.05, 3.63) is 0 Å². The van der Waals surface area contributed by atoms with Gasteiger partial charge < -0.3 is 20.1 Å². The summed E-state index contributed by atoms with van der Waals surface area (Å²) >= 11 is 0. The molecule has 0 spiro atoms. The minimum Gasteiger partial charge on any atom is -0.394 e. The first-order valence-electron chi connectivity index (χ1n) is 8.69. The van der Waals surface area contributed by atoms with Gasteiger partial charge in [0.2, 0.25) is 0 Å². The summed E-state index contributed by atoms with van der Waals surface area (Å²) in [5.74, 6) is 0.425. The number of unbranched alkanes of at least 4 members (excludes halogenated alkanes) is 3. The normalized spacial score (nSPS) is 26.1. The predicted molar refractivity (Wildman–Crippen MR) is 87.8 cm³/mol. The number of Topliss-reactive ketones (excluding diaryl/α,β-unsaturated/α-hetero) is 1. The maximum absolute atomic E-state index is 10.9. The van der Waals surface area contributed by atoms with Crippen molar-refractivity contribution in [2.45, 2.75) is 89.3 Å². The SMILES string of the molecule is [B]CC(O)CC[C@H]1[C@H](O)CC(O)[C@@H]1CCCCCCC(C)=O.[V].[V].[V]. The van der Waals surface area contributed by atoms with E-state index < -0.39 is 18.3 Å². The maximum Gasteiger partial charge on any atom is 0.129 e. The van der Waals surface area contributed by atoms with Gasteiger partial charge in [-0.15, -0.1) is 0 Å². The third kappa shape index (κ3) is 12.4. The summed E-state index contributed by atoms with van der Waals surface area (Å²) in [5, 5.41) is 29.8. The van der Waals surface area contributed by atoms with Crippen LogP contribution in [-0.4, -0.2) is 47.3 Å². The van der Waals surface area contributed by atoms with E-state index >= 15 is 0 Å². The summed E-state index contributed by atoms with van der Waals surface area (Å²) in [5.41, 5.74) is 0. The van der Waals surface area contributed by atoms with Crippen LogP contribution in [-0.2, 0) is 60.5 Å². The second kappa shape index (κ2) is 17.5. The van der Waals surface area contributed by atoms with Gasteiger partial charge in [0.25, 0.3) is 0 Å². The van der Waals surface area contributed by atoms with E-state index in [1.165, 1.54) is 0 Å². The van der Waals surface area contributed by atoms with Crippen molar-refractivity contribution in [3.63, 3.8) is 0 Å². The van der Waals surface area contributed by atoms with Gasteiger partial charge in [0, 0.05) is 68.2 Å². The Bertz CT molecular complexity index is 337. The minimum absolute atomic E-state index is 0. The molecule has 25 heavy (non-hydrogen) atoms. The fourth-order valence-corrected chi connectivity index (χ4v) is 3.59. The molecular formula is C17H31BO4V3. The monoisotopic (exact) mass is 463 g/mol. The number of hydrogen-bond donors (Lipinski definition) is 3. The number of hydrogen-bond acceptors (Lipinski definition) is 4.